The van der Waals surface area contributed by atoms with Crippen molar-refractivity contribution >= 4 is 11.8 Å². The summed E-state index contributed by atoms with van der Waals surface area (Å²) in [6.07, 6.45) is 4.72. The van der Waals surface area contributed by atoms with Gasteiger partial charge in [-0.3, -0.25) is 9.59 Å². The zero-order valence-electron chi connectivity index (χ0n) is 15.1. The van der Waals surface area contributed by atoms with Crippen LogP contribution in [0.5, 0.6) is 5.75 Å². The summed E-state index contributed by atoms with van der Waals surface area (Å²) in [4.78, 5) is 25.9. The van der Waals surface area contributed by atoms with Gasteiger partial charge in [-0.1, -0.05) is 12.2 Å². The summed E-state index contributed by atoms with van der Waals surface area (Å²) < 4.78 is 6.95. The van der Waals surface area contributed by atoms with Crippen LogP contribution in [0.15, 0.2) is 55.9 Å². The first-order valence-corrected chi connectivity index (χ1v) is 8.31. The SMILES string of the molecule is C=CCN(CC=C)C(=O)C(C)NC(=O)COc1ccc(-n2cnnn2)cc1. The summed E-state index contributed by atoms with van der Waals surface area (Å²) in [5.74, 6) is -0.0904. The monoisotopic (exact) mass is 370 g/mol. The Labute approximate surface area is 157 Å². The molecule has 0 saturated carbocycles. The van der Waals surface area contributed by atoms with Crippen molar-refractivity contribution < 1.29 is 14.3 Å². The van der Waals surface area contributed by atoms with Crippen LogP contribution in [0.25, 0.3) is 5.69 Å². The topological polar surface area (TPSA) is 102 Å². The average Bonchev–Trinajstić information content (AvgIpc) is 3.21. The van der Waals surface area contributed by atoms with E-state index in [-0.39, 0.29) is 12.5 Å². The van der Waals surface area contributed by atoms with Crippen LogP contribution in [-0.2, 0) is 9.59 Å². The van der Waals surface area contributed by atoms with Gasteiger partial charge in [0.1, 0.15) is 18.1 Å². The normalized spacial score (nSPS) is 11.3. The molecule has 0 aliphatic heterocycles. The second kappa shape index (κ2) is 9.85. The van der Waals surface area contributed by atoms with E-state index < -0.39 is 11.9 Å². The molecule has 1 heterocycles. The molecule has 0 bridgehead atoms. The highest BCUT2D eigenvalue weighted by molar-refractivity contribution is 5.88. The highest BCUT2D eigenvalue weighted by Gasteiger charge is 2.20. The van der Waals surface area contributed by atoms with Crippen LogP contribution >= 0.6 is 0 Å². The maximum absolute atomic E-state index is 12.3. The molecule has 0 aliphatic carbocycles. The lowest BCUT2D eigenvalue weighted by Gasteiger charge is -2.23. The van der Waals surface area contributed by atoms with E-state index in [1.807, 2.05) is 0 Å². The van der Waals surface area contributed by atoms with E-state index in [4.69, 9.17) is 4.74 Å². The zero-order valence-corrected chi connectivity index (χ0v) is 15.1. The van der Waals surface area contributed by atoms with Gasteiger partial charge in [-0.05, 0) is 41.6 Å². The van der Waals surface area contributed by atoms with Crippen LogP contribution in [0.1, 0.15) is 6.92 Å². The molecule has 2 amide bonds. The molecule has 1 unspecified atom stereocenters. The van der Waals surface area contributed by atoms with Gasteiger partial charge >= 0.3 is 0 Å². The van der Waals surface area contributed by atoms with E-state index in [9.17, 15) is 9.59 Å². The fourth-order valence-electron chi connectivity index (χ4n) is 2.31. The number of hydrogen-bond acceptors (Lipinski definition) is 6. The lowest BCUT2D eigenvalue weighted by atomic mass is 10.2. The van der Waals surface area contributed by atoms with Crippen molar-refractivity contribution in [2.45, 2.75) is 13.0 Å². The summed E-state index contributed by atoms with van der Waals surface area (Å²) in [5, 5.41) is 13.5. The molecule has 1 atom stereocenters. The molecule has 0 radical (unpaired) electrons. The van der Waals surface area contributed by atoms with Crippen molar-refractivity contribution in [2.24, 2.45) is 0 Å². The predicted octanol–water partition coefficient (Wildman–Crippen LogP) is 0.746. The van der Waals surface area contributed by atoms with Gasteiger partial charge in [0, 0.05) is 13.1 Å². The third-order valence-corrected chi connectivity index (χ3v) is 3.58. The van der Waals surface area contributed by atoms with Crippen LogP contribution < -0.4 is 10.1 Å². The molecule has 9 nitrogen and oxygen atoms in total. The van der Waals surface area contributed by atoms with Gasteiger partial charge in [0.05, 0.1) is 5.69 Å². The number of aromatic nitrogens is 4. The largest absolute Gasteiger partial charge is 0.484 e. The van der Waals surface area contributed by atoms with Gasteiger partial charge in [-0.25, -0.2) is 4.68 Å². The maximum Gasteiger partial charge on any atom is 0.258 e. The van der Waals surface area contributed by atoms with Gasteiger partial charge in [-0.2, -0.15) is 0 Å². The Bertz CT molecular complexity index is 763. The van der Waals surface area contributed by atoms with Crippen LogP contribution in [-0.4, -0.2) is 62.7 Å². The van der Waals surface area contributed by atoms with E-state index in [0.717, 1.165) is 5.69 Å². The summed E-state index contributed by atoms with van der Waals surface area (Å²) in [6, 6.07) is 6.25. The van der Waals surface area contributed by atoms with E-state index >= 15 is 0 Å². The zero-order chi connectivity index (χ0) is 19.6. The molecule has 1 N–H and O–H groups in total. The standard InChI is InChI=1S/C18H22N6O3/c1-4-10-23(11-5-2)18(26)14(3)20-17(25)12-27-16-8-6-15(7-9-16)24-13-19-21-22-24/h4-9,13-14H,1-2,10-12H2,3H3,(H,20,25). The lowest BCUT2D eigenvalue weighted by Crippen LogP contribution is -2.48. The minimum absolute atomic E-state index is 0.204. The number of tetrazole rings is 1. The van der Waals surface area contributed by atoms with Gasteiger partial charge in [0.25, 0.3) is 5.91 Å². The van der Waals surface area contributed by atoms with Crippen molar-refractivity contribution in [3.63, 3.8) is 0 Å². The third kappa shape index (κ3) is 5.77. The van der Waals surface area contributed by atoms with Gasteiger partial charge in [0.2, 0.25) is 5.91 Å². The first kappa shape index (κ1) is 19.8. The van der Waals surface area contributed by atoms with Gasteiger partial charge < -0.3 is 15.0 Å². The Morgan fingerprint density at radius 1 is 1.26 bits per heavy atom. The second-order valence-corrected chi connectivity index (χ2v) is 5.65. The molecule has 27 heavy (non-hydrogen) atoms. The lowest BCUT2D eigenvalue weighted by molar-refractivity contribution is -0.135. The fourth-order valence-corrected chi connectivity index (χ4v) is 2.31. The summed E-state index contributed by atoms with van der Waals surface area (Å²) in [7, 11) is 0. The van der Waals surface area contributed by atoms with Crippen molar-refractivity contribution in [3.05, 3.63) is 55.9 Å². The Balaban J connectivity index is 1.83. The van der Waals surface area contributed by atoms with Crippen LogP contribution in [0.2, 0.25) is 0 Å². The van der Waals surface area contributed by atoms with E-state index in [0.29, 0.717) is 18.8 Å². The smallest absolute Gasteiger partial charge is 0.258 e. The van der Waals surface area contributed by atoms with E-state index in [1.165, 1.54) is 11.0 Å². The first-order chi connectivity index (χ1) is 13.0. The van der Waals surface area contributed by atoms with E-state index in [2.05, 4.69) is 34.0 Å². The molecule has 0 saturated heterocycles. The molecule has 142 valence electrons. The number of nitrogens with zero attached hydrogens (tertiary/aromatic N) is 5. The summed E-state index contributed by atoms with van der Waals surface area (Å²) in [5.41, 5.74) is 0.764. The molecular weight excluding hydrogens is 348 g/mol. The number of nitrogens with one attached hydrogen (secondary N) is 1. The summed E-state index contributed by atoms with van der Waals surface area (Å²) in [6.45, 7) is 9.44. The number of hydrogen-bond donors (Lipinski definition) is 1. The highest BCUT2D eigenvalue weighted by atomic mass is 16.5. The molecule has 0 fully saturated rings. The number of rotatable bonds is 10. The Hall–Kier alpha value is -3.49. The average molecular weight is 370 g/mol. The predicted molar refractivity (Wildman–Crippen MR) is 99.2 cm³/mol. The van der Waals surface area contributed by atoms with Crippen molar-refractivity contribution in [1.29, 1.82) is 0 Å². The number of benzene rings is 1. The Morgan fingerprint density at radius 3 is 2.48 bits per heavy atom. The van der Waals surface area contributed by atoms with Crippen molar-refractivity contribution in [3.8, 4) is 11.4 Å². The minimum Gasteiger partial charge on any atom is -0.484 e. The Morgan fingerprint density at radius 2 is 1.93 bits per heavy atom. The fraction of sp³-hybridized carbons (Fsp3) is 0.278. The number of carbonyl (C=O) groups excluding carboxylic acids is 2. The first-order valence-electron chi connectivity index (χ1n) is 8.31. The third-order valence-electron chi connectivity index (χ3n) is 3.58. The van der Waals surface area contributed by atoms with Gasteiger partial charge in [0.15, 0.2) is 6.61 Å². The molecule has 1 aromatic heterocycles. The number of ether oxygens (including phenoxy) is 1. The molecule has 0 aliphatic rings. The van der Waals surface area contributed by atoms with Crippen molar-refractivity contribution in [2.75, 3.05) is 19.7 Å². The molecule has 1 aromatic carbocycles. The van der Waals surface area contributed by atoms with Crippen LogP contribution in [0.4, 0.5) is 0 Å². The van der Waals surface area contributed by atoms with E-state index in [1.54, 1.807) is 48.2 Å². The summed E-state index contributed by atoms with van der Waals surface area (Å²) >= 11 is 0. The molecule has 0 spiro atoms. The molecular formula is C18H22N6O3. The van der Waals surface area contributed by atoms with Crippen LogP contribution in [0.3, 0.4) is 0 Å². The Kier molecular flexibility index (Phi) is 7.24. The van der Waals surface area contributed by atoms with Crippen molar-refractivity contribution in [1.82, 2.24) is 30.4 Å². The molecule has 2 rings (SSSR count). The minimum atomic E-state index is -0.678. The molecule has 9 heteroatoms. The second-order valence-electron chi connectivity index (χ2n) is 5.65. The van der Waals surface area contributed by atoms with Crippen LogP contribution in [0, 0.1) is 0 Å². The number of carbonyl (C=O) groups is 2. The quantitative estimate of drug-likeness (QED) is 0.619. The highest BCUT2D eigenvalue weighted by Crippen LogP contribution is 2.14. The number of amides is 2. The molecule has 2 aromatic rings. The maximum atomic E-state index is 12.3. The van der Waals surface area contributed by atoms with Gasteiger partial charge in [-0.15, -0.1) is 18.3 Å².